The molecule has 0 spiro atoms. The van der Waals surface area contributed by atoms with E-state index in [0.717, 1.165) is 0 Å². The van der Waals surface area contributed by atoms with Crippen molar-refractivity contribution in [3.05, 3.63) is 45.4 Å². The molecule has 0 bridgehead atoms. The fraction of sp³-hybridized carbons (Fsp3) is 0.167. The normalized spacial score (nSPS) is 10.4. The molecule has 0 aliphatic carbocycles. The maximum Gasteiger partial charge on any atom is 0.259 e. The number of aromatic amines is 1. The molecule has 1 amide bonds. The van der Waals surface area contributed by atoms with Crippen LogP contribution in [-0.2, 0) is 0 Å². The number of amides is 1. The van der Waals surface area contributed by atoms with Gasteiger partial charge in [-0.15, -0.1) is 0 Å². The summed E-state index contributed by atoms with van der Waals surface area (Å²) in [6.45, 7) is 3.46. The van der Waals surface area contributed by atoms with Gasteiger partial charge in [0.15, 0.2) is 0 Å². The highest BCUT2D eigenvalue weighted by Gasteiger charge is 2.17. The molecule has 6 heteroatoms. The third-order valence-corrected chi connectivity index (χ3v) is 3.22. The van der Waals surface area contributed by atoms with Gasteiger partial charge in [0.1, 0.15) is 5.82 Å². The summed E-state index contributed by atoms with van der Waals surface area (Å²) in [5.74, 6) is -0.874. The Morgan fingerprint density at radius 3 is 2.72 bits per heavy atom. The minimum Gasteiger partial charge on any atom is -0.318 e. The van der Waals surface area contributed by atoms with E-state index in [-0.39, 0.29) is 11.6 Å². The number of nitrogens with zero attached hydrogens (tertiary/aromatic N) is 1. The van der Waals surface area contributed by atoms with Crippen molar-refractivity contribution < 1.29 is 9.18 Å². The van der Waals surface area contributed by atoms with E-state index in [4.69, 9.17) is 0 Å². The maximum absolute atomic E-state index is 13.6. The van der Waals surface area contributed by atoms with Gasteiger partial charge in [-0.05, 0) is 41.9 Å². The van der Waals surface area contributed by atoms with Crippen molar-refractivity contribution in [2.75, 3.05) is 5.32 Å². The smallest absolute Gasteiger partial charge is 0.259 e. The van der Waals surface area contributed by atoms with Crippen LogP contribution in [0.5, 0.6) is 0 Å². The molecule has 1 aromatic heterocycles. The summed E-state index contributed by atoms with van der Waals surface area (Å²) < 4.78 is 14.1. The molecule has 94 valence electrons. The predicted molar refractivity (Wildman–Crippen MR) is 70.1 cm³/mol. The lowest BCUT2D eigenvalue weighted by Gasteiger charge is -2.08. The van der Waals surface area contributed by atoms with E-state index in [9.17, 15) is 9.18 Å². The van der Waals surface area contributed by atoms with Gasteiger partial charge in [-0.3, -0.25) is 9.89 Å². The van der Waals surface area contributed by atoms with Crippen LogP contribution in [0.4, 0.5) is 10.1 Å². The average Bonchev–Trinajstić information content (AvgIpc) is 2.64. The second-order valence-electron chi connectivity index (χ2n) is 3.86. The Balaban J connectivity index is 2.33. The van der Waals surface area contributed by atoms with Crippen molar-refractivity contribution in [2.45, 2.75) is 13.8 Å². The van der Waals surface area contributed by atoms with Crippen LogP contribution in [0.15, 0.2) is 22.7 Å². The van der Waals surface area contributed by atoms with Crippen LogP contribution in [0.2, 0.25) is 0 Å². The van der Waals surface area contributed by atoms with E-state index < -0.39 is 5.82 Å². The van der Waals surface area contributed by atoms with Crippen molar-refractivity contribution in [3.8, 4) is 0 Å². The van der Waals surface area contributed by atoms with Crippen LogP contribution < -0.4 is 5.32 Å². The average molecular weight is 312 g/mol. The minimum atomic E-state index is -0.489. The molecule has 18 heavy (non-hydrogen) atoms. The molecule has 0 radical (unpaired) electrons. The number of benzene rings is 1. The molecular weight excluding hydrogens is 301 g/mol. The van der Waals surface area contributed by atoms with Crippen LogP contribution in [0.1, 0.15) is 21.7 Å². The Morgan fingerprint density at radius 2 is 2.17 bits per heavy atom. The molecule has 0 saturated carbocycles. The van der Waals surface area contributed by atoms with Crippen LogP contribution in [0, 0.1) is 19.7 Å². The second kappa shape index (κ2) is 4.89. The summed E-state index contributed by atoms with van der Waals surface area (Å²) in [6.07, 6.45) is 0. The van der Waals surface area contributed by atoms with Gasteiger partial charge in [0.2, 0.25) is 0 Å². The maximum atomic E-state index is 13.6. The number of aryl methyl sites for hydroxylation is 2. The number of H-pyrrole nitrogens is 1. The number of rotatable bonds is 2. The second-order valence-corrected chi connectivity index (χ2v) is 4.71. The lowest BCUT2D eigenvalue weighted by molar-refractivity contribution is 0.102. The van der Waals surface area contributed by atoms with Gasteiger partial charge in [-0.25, -0.2) is 4.39 Å². The van der Waals surface area contributed by atoms with Gasteiger partial charge < -0.3 is 5.32 Å². The fourth-order valence-corrected chi connectivity index (χ4v) is 2.12. The lowest BCUT2D eigenvalue weighted by atomic mass is 10.2. The van der Waals surface area contributed by atoms with E-state index >= 15 is 0 Å². The van der Waals surface area contributed by atoms with Crippen LogP contribution in [-0.4, -0.2) is 16.1 Å². The third kappa shape index (κ3) is 2.28. The molecule has 1 heterocycles. The van der Waals surface area contributed by atoms with Crippen molar-refractivity contribution in [2.24, 2.45) is 0 Å². The first kappa shape index (κ1) is 12.8. The number of nitrogens with one attached hydrogen (secondary N) is 2. The first-order valence-corrected chi connectivity index (χ1v) is 6.07. The zero-order valence-electron chi connectivity index (χ0n) is 9.84. The SMILES string of the molecule is Cc1n[nH]c(C)c1C(=O)Nc1c(F)cccc1Br. The molecule has 0 unspecified atom stereocenters. The van der Waals surface area contributed by atoms with Crippen LogP contribution >= 0.6 is 15.9 Å². The van der Waals surface area contributed by atoms with Crippen LogP contribution in [0.3, 0.4) is 0 Å². The highest BCUT2D eigenvalue weighted by atomic mass is 79.9. The van der Waals surface area contributed by atoms with E-state index in [1.165, 1.54) is 6.07 Å². The fourth-order valence-electron chi connectivity index (χ4n) is 1.68. The van der Waals surface area contributed by atoms with Gasteiger partial charge in [0.05, 0.1) is 16.9 Å². The van der Waals surface area contributed by atoms with Crippen molar-refractivity contribution in [1.29, 1.82) is 0 Å². The lowest BCUT2D eigenvalue weighted by Crippen LogP contribution is -2.15. The summed E-state index contributed by atoms with van der Waals surface area (Å²) in [5, 5.41) is 9.19. The standard InChI is InChI=1S/C12H11BrFN3O/c1-6-10(7(2)17-16-6)12(18)15-11-8(13)4-3-5-9(11)14/h3-5H,1-2H3,(H,15,18)(H,16,17). The van der Waals surface area contributed by atoms with Crippen molar-refractivity contribution in [3.63, 3.8) is 0 Å². The Morgan fingerprint density at radius 1 is 1.44 bits per heavy atom. The Bertz CT molecular complexity index is 570. The molecule has 0 fully saturated rings. The zero-order valence-corrected chi connectivity index (χ0v) is 11.4. The van der Waals surface area contributed by atoms with Gasteiger partial charge in [0, 0.05) is 10.2 Å². The van der Waals surface area contributed by atoms with Crippen molar-refractivity contribution >= 4 is 27.5 Å². The predicted octanol–water partition coefficient (Wildman–Crippen LogP) is 3.18. The van der Waals surface area contributed by atoms with Gasteiger partial charge in [0.25, 0.3) is 5.91 Å². The minimum absolute atomic E-state index is 0.127. The molecular formula is C12H11BrFN3O. The van der Waals surface area contributed by atoms with Gasteiger partial charge in [-0.2, -0.15) is 5.10 Å². The highest BCUT2D eigenvalue weighted by Crippen LogP contribution is 2.26. The summed E-state index contributed by atoms with van der Waals surface area (Å²) in [5.41, 5.74) is 1.79. The summed E-state index contributed by atoms with van der Waals surface area (Å²) in [7, 11) is 0. The summed E-state index contributed by atoms with van der Waals surface area (Å²) in [4.78, 5) is 12.1. The Kier molecular flexibility index (Phi) is 3.47. The van der Waals surface area contributed by atoms with Gasteiger partial charge in [-0.1, -0.05) is 6.07 Å². The number of aromatic nitrogens is 2. The quantitative estimate of drug-likeness (QED) is 0.895. The monoisotopic (exact) mass is 311 g/mol. The number of anilines is 1. The third-order valence-electron chi connectivity index (χ3n) is 2.56. The van der Waals surface area contributed by atoms with Crippen LogP contribution in [0.25, 0.3) is 0 Å². The molecule has 2 aromatic rings. The molecule has 0 saturated heterocycles. The molecule has 0 aliphatic heterocycles. The Hall–Kier alpha value is -1.69. The summed E-state index contributed by atoms with van der Waals surface area (Å²) in [6, 6.07) is 4.51. The number of hydrogen-bond donors (Lipinski definition) is 2. The highest BCUT2D eigenvalue weighted by molar-refractivity contribution is 9.10. The van der Waals surface area contributed by atoms with E-state index in [0.29, 0.717) is 21.4 Å². The number of halogens is 2. The molecule has 2 N–H and O–H groups in total. The molecule has 2 rings (SSSR count). The number of hydrogen-bond acceptors (Lipinski definition) is 2. The molecule has 0 atom stereocenters. The van der Waals surface area contributed by atoms with Gasteiger partial charge >= 0.3 is 0 Å². The topological polar surface area (TPSA) is 57.8 Å². The molecule has 1 aromatic carbocycles. The van der Waals surface area contributed by atoms with E-state index in [1.54, 1.807) is 26.0 Å². The number of carbonyl (C=O) groups is 1. The first-order valence-electron chi connectivity index (χ1n) is 5.27. The molecule has 4 nitrogen and oxygen atoms in total. The number of para-hydroxylation sites is 1. The van der Waals surface area contributed by atoms with E-state index in [1.807, 2.05) is 0 Å². The largest absolute Gasteiger partial charge is 0.318 e. The molecule has 0 aliphatic rings. The first-order chi connectivity index (χ1) is 8.50. The number of carbonyl (C=O) groups excluding carboxylic acids is 1. The van der Waals surface area contributed by atoms with E-state index in [2.05, 4.69) is 31.4 Å². The Labute approximate surface area is 112 Å². The zero-order chi connectivity index (χ0) is 13.3. The summed E-state index contributed by atoms with van der Waals surface area (Å²) >= 11 is 3.20. The van der Waals surface area contributed by atoms with Crippen molar-refractivity contribution in [1.82, 2.24) is 10.2 Å².